The molecule has 4 rings (SSSR count). The largest absolute Gasteiger partial charge is 0.350 e. The SMILES string of the molecule is O=C(NC1CCNC1)C1CCCN1C1=NS(=O)(=O)c2ccccc21. The average Bonchev–Trinajstić information content (AvgIpc) is 3.27. The summed E-state index contributed by atoms with van der Waals surface area (Å²) in [4.78, 5) is 14.7. The number of nitrogens with zero attached hydrogens (tertiary/aromatic N) is 2. The van der Waals surface area contributed by atoms with E-state index in [0.717, 1.165) is 25.9 Å². The first-order chi connectivity index (χ1) is 11.6. The Bertz CT molecular complexity index is 799. The lowest BCUT2D eigenvalue weighted by Crippen LogP contribution is -2.49. The van der Waals surface area contributed by atoms with Crippen LogP contribution in [0.15, 0.2) is 33.6 Å². The Kier molecular flexibility index (Phi) is 3.80. The number of hydrogen-bond acceptors (Lipinski definition) is 5. The number of carbonyl (C=O) groups is 1. The zero-order valence-electron chi connectivity index (χ0n) is 13.2. The van der Waals surface area contributed by atoms with Gasteiger partial charge in [0.2, 0.25) is 5.91 Å². The zero-order chi connectivity index (χ0) is 16.7. The molecule has 3 aliphatic rings. The van der Waals surface area contributed by atoms with Crippen molar-refractivity contribution in [2.75, 3.05) is 19.6 Å². The summed E-state index contributed by atoms with van der Waals surface area (Å²) in [5.41, 5.74) is 0.597. The van der Waals surface area contributed by atoms with E-state index >= 15 is 0 Å². The van der Waals surface area contributed by atoms with Gasteiger partial charge in [-0.05, 0) is 37.9 Å². The van der Waals surface area contributed by atoms with Gasteiger partial charge in [0.15, 0.2) is 5.84 Å². The van der Waals surface area contributed by atoms with Gasteiger partial charge in [-0.15, -0.1) is 4.40 Å². The van der Waals surface area contributed by atoms with Gasteiger partial charge in [0.25, 0.3) is 10.0 Å². The van der Waals surface area contributed by atoms with Gasteiger partial charge in [-0.3, -0.25) is 4.79 Å². The fourth-order valence-corrected chi connectivity index (χ4v) is 4.88. The zero-order valence-corrected chi connectivity index (χ0v) is 14.1. The minimum atomic E-state index is -3.66. The third-order valence-corrected chi connectivity index (χ3v) is 6.17. The van der Waals surface area contributed by atoms with Crippen LogP contribution in [0.4, 0.5) is 0 Å². The van der Waals surface area contributed by atoms with Crippen LogP contribution < -0.4 is 10.6 Å². The van der Waals surface area contributed by atoms with Crippen LogP contribution in [0, 0.1) is 0 Å². The molecule has 1 aromatic rings. The van der Waals surface area contributed by atoms with Crippen LogP contribution in [0.3, 0.4) is 0 Å². The summed E-state index contributed by atoms with van der Waals surface area (Å²) in [6.45, 7) is 2.35. The monoisotopic (exact) mass is 348 g/mol. The maximum Gasteiger partial charge on any atom is 0.285 e. The van der Waals surface area contributed by atoms with E-state index in [2.05, 4.69) is 15.0 Å². The number of hydrogen-bond donors (Lipinski definition) is 2. The van der Waals surface area contributed by atoms with E-state index in [-0.39, 0.29) is 22.9 Å². The maximum absolute atomic E-state index is 12.7. The third kappa shape index (κ3) is 2.59. The van der Waals surface area contributed by atoms with Crippen LogP contribution in [0.1, 0.15) is 24.8 Å². The van der Waals surface area contributed by atoms with Crippen LogP contribution in [0.25, 0.3) is 0 Å². The Balaban J connectivity index is 1.60. The number of carbonyl (C=O) groups excluding carboxylic acids is 1. The second kappa shape index (κ2) is 5.86. The summed E-state index contributed by atoms with van der Waals surface area (Å²) in [5, 5.41) is 6.30. The van der Waals surface area contributed by atoms with Crippen LogP contribution in [0.5, 0.6) is 0 Å². The lowest BCUT2D eigenvalue weighted by Gasteiger charge is -2.26. The molecule has 2 fully saturated rings. The molecule has 0 aromatic heterocycles. The highest BCUT2D eigenvalue weighted by Gasteiger charge is 2.39. The molecular weight excluding hydrogens is 328 g/mol. The molecule has 2 atom stereocenters. The number of nitrogens with one attached hydrogen (secondary N) is 2. The number of amides is 1. The van der Waals surface area contributed by atoms with Gasteiger partial charge >= 0.3 is 0 Å². The van der Waals surface area contributed by atoms with Crippen molar-refractivity contribution in [1.29, 1.82) is 0 Å². The van der Waals surface area contributed by atoms with Gasteiger partial charge < -0.3 is 15.5 Å². The van der Waals surface area contributed by atoms with Gasteiger partial charge in [0, 0.05) is 24.7 Å². The van der Waals surface area contributed by atoms with Gasteiger partial charge in [-0.25, -0.2) is 0 Å². The molecule has 2 unspecified atom stereocenters. The molecule has 128 valence electrons. The Labute approximate surface area is 141 Å². The van der Waals surface area contributed by atoms with E-state index in [1.54, 1.807) is 24.3 Å². The highest BCUT2D eigenvalue weighted by molar-refractivity contribution is 7.90. The number of benzene rings is 1. The Hall–Kier alpha value is -1.93. The van der Waals surface area contributed by atoms with Crippen LogP contribution in [0.2, 0.25) is 0 Å². The molecule has 24 heavy (non-hydrogen) atoms. The second-order valence-electron chi connectivity index (χ2n) is 6.44. The molecule has 2 saturated heterocycles. The lowest BCUT2D eigenvalue weighted by molar-refractivity contribution is -0.125. The van der Waals surface area contributed by atoms with Crippen molar-refractivity contribution in [1.82, 2.24) is 15.5 Å². The Morgan fingerprint density at radius 3 is 2.92 bits per heavy atom. The predicted molar refractivity (Wildman–Crippen MR) is 89.3 cm³/mol. The molecule has 1 aromatic carbocycles. The molecule has 0 bridgehead atoms. The van der Waals surface area contributed by atoms with E-state index < -0.39 is 10.0 Å². The molecule has 3 aliphatic heterocycles. The van der Waals surface area contributed by atoms with Crippen molar-refractivity contribution in [2.24, 2.45) is 4.40 Å². The van der Waals surface area contributed by atoms with Crippen LogP contribution >= 0.6 is 0 Å². The Morgan fingerprint density at radius 2 is 2.12 bits per heavy atom. The minimum absolute atomic E-state index is 0.0364. The first kappa shape index (κ1) is 15.6. The van der Waals surface area contributed by atoms with Gasteiger partial charge in [-0.2, -0.15) is 8.42 Å². The van der Waals surface area contributed by atoms with Crippen molar-refractivity contribution in [2.45, 2.75) is 36.2 Å². The average molecular weight is 348 g/mol. The molecule has 8 heteroatoms. The summed E-state index contributed by atoms with van der Waals surface area (Å²) in [6.07, 6.45) is 2.49. The number of sulfonamides is 1. The first-order valence-corrected chi connectivity index (χ1v) is 9.72. The van der Waals surface area contributed by atoms with Crippen LogP contribution in [-0.2, 0) is 14.8 Å². The molecule has 0 spiro atoms. The van der Waals surface area contributed by atoms with Gasteiger partial charge in [0.05, 0.1) is 0 Å². The fraction of sp³-hybridized carbons (Fsp3) is 0.500. The van der Waals surface area contributed by atoms with E-state index in [4.69, 9.17) is 0 Å². The topological polar surface area (TPSA) is 90.9 Å². The second-order valence-corrected chi connectivity index (χ2v) is 8.01. The molecule has 0 radical (unpaired) electrons. The molecule has 7 nitrogen and oxygen atoms in total. The molecular formula is C16H20N4O3S. The minimum Gasteiger partial charge on any atom is -0.350 e. The summed E-state index contributed by atoms with van der Waals surface area (Å²) in [7, 11) is -3.66. The molecule has 0 saturated carbocycles. The van der Waals surface area contributed by atoms with Gasteiger partial charge in [-0.1, -0.05) is 12.1 Å². The predicted octanol–water partition coefficient (Wildman–Crippen LogP) is 0.0780. The summed E-state index contributed by atoms with van der Waals surface area (Å²) in [6, 6.07) is 6.61. The van der Waals surface area contributed by atoms with Crippen molar-refractivity contribution >= 4 is 21.8 Å². The summed E-state index contributed by atoms with van der Waals surface area (Å²) < 4.78 is 28.5. The summed E-state index contributed by atoms with van der Waals surface area (Å²) >= 11 is 0. The number of likely N-dealkylation sites (tertiary alicyclic amines) is 1. The van der Waals surface area contributed by atoms with E-state index in [1.807, 2.05) is 4.90 Å². The first-order valence-electron chi connectivity index (χ1n) is 8.28. The normalized spacial score (nSPS) is 27.8. The number of amidine groups is 1. The number of rotatable bonds is 2. The fourth-order valence-electron chi connectivity index (χ4n) is 3.66. The van der Waals surface area contributed by atoms with Crippen molar-refractivity contribution in [3.8, 4) is 0 Å². The van der Waals surface area contributed by atoms with E-state index in [9.17, 15) is 13.2 Å². The lowest BCUT2D eigenvalue weighted by atomic mass is 10.1. The standard InChI is InChI=1S/C16H20N4O3S/c21-16(18-11-7-8-17-10-11)13-5-3-9-20(13)15-12-4-1-2-6-14(12)24(22,23)19-15/h1-2,4,6,11,13,17H,3,5,7-10H2,(H,18,21). The van der Waals surface area contributed by atoms with E-state index in [0.29, 0.717) is 24.4 Å². The molecule has 1 amide bonds. The third-order valence-electron chi connectivity index (χ3n) is 4.85. The highest BCUT2D eigenvalue weighted by Crippen LogP contribution is 2.31. The van der Waals surface area contributed by atoms with Crippen molar-refractivity contribution < 1.29 is 13.2 Å². The van der Waals surface area contributed by atoms with Crippen molar-refractivity contribution in [3.05, 3.63) is 29.8 Å². The van der Waals surface area contributed by atoms with Gasteiger partial charge in [0.1, 0.15) is 10.9 Å². The van der Waals surface area contributed by atoms with Crippen LogP contribution in [-0.4, -0.2) is 56.8 Å². The highest BCUT2D eigenvalue weighted by atomic mass is 32.2. The summed E-state index contributed by atoms with van der Waals surface area (Å²) in [5.74, 6) is 0.374. The molecule has 2 N–H and O–H groups in total. The van der Waals surface area contributed by atoms with Crippen molar-refractivity contribution in [3.63, 3.8) is 0 Å². The number of fused-ring (bicyclic) bond motifs is 1. The Morgan fingerprint density at radius 1 is 1.29 bits per heavy atom. The molecule has 3 heterocycles. The smallest absolute Gasteiger partial charge is 0.285 e. The maximum atomic E-state index is 12.7. The molecule has 0 aliphatic carbocycles. The quantitative estimate of drug-likeness (QED) is 0.790. The van der Waals surface area contributed by atoms with E-state index in [1.165, 1.54) is 0 Å².